The van der Waals surface area contributed by atoms with Crippen LogP contribution in [-0.2, 0) is 0 Å². The Bertz CT molecular complexity index is 779. The van der Waals surface area contributed by atoms with Gasteiger partial charge in [0.25, 0.3) is 0 Å². The standard InChI is InChI=1S/C18H20N4O2S/c1-22(2)9-10-23-16-12-15(24-14-6-4-3-5-7-14)13-20-17(16)21-18-19-8-11-25-18/h3-8,11-13H,9-10H2,1-2H3,(H,19,20,21). The highest BCUT2D eigenvalue weighted by atomic mass is 32.1. The van der Waals surface area contributed by atoms with E-state index in [4.69, 9.17) is 9.47 Å². The molecule has 1 N–H and O–H groups in total. The summed E-state index contributed by atoms with van der Waals surface area (Å²) in [5, 5.41) is 5.85. The van der Waals surface area contributed by atoms with Gasteiger partial charge in [0.05, 0.1) is 6.20 Å². The summed E-state index contributed by atoms with van der Waals surface area (Å²) in [6, 6.07) is 11.4. The molecule has 0 amide bonds. The van der Waals surface area contributed by atoms with Gasteiger partial charge in [-0.25, -0.2) is 9.97 Å². The molecule has 130 valence electrons. The van der Waals surface area contributed by atoms with Crippen LogP contribution in [0.1, 0.15) is 0 Å². The third kappa shape index (κ3) is 5.17. The Morgan fingerprint density at radius 1 is 1.12 bits per heavy atom. The van der Waals surface area contributed by atoms with E-state index in [9.17, 15) is 0 Å². The minimum absolute atomic E-state index is 0.552. The monoisotopic (exact) mass is 356 g/mol. The van der Waals surface area contributed by atoms with Gasteiger partial charge < -0.3 is 19.7 Å². The summed E-state index contributed by atoms with van der Waals surface area (Å²) < 4.78 is 11.7. The van der Waals surface area contributed by atoms with Gasteiger partial charge in [0.15, 0.2) is 16.7 Å². The molecule has 7 heteroatoms. The topological polar surface area (TPSA) is 59.5 Å². The Morgan fingerprint density at radius 3 is 2.68 bits per heavy atom. The molecule has 2 aromatic heterocycles. The highest BCUT2D eigenvalue weighted by Crippen LogP contribution is 2.31. The van der Waals surface area contributed by atoms with Crippen LogP contribution < -0.4 is 14.8 Å². The zero-order chi connectivity index (χ0) is 17.5. The third-order valence-corrected chi connectivity index (χ3v) is 3.95. The molecule has 3 aromatic rings. The molecule has 0 radical (unpaired) electrons. The van der Waals surface area contributed by atoms with Crippen LogP contribution in [0, 0.1) is 0 Å². The lowest BCUT2D eigenvalue weighted by Gasteiger charge is -2.15. The smallest absolute Gasteiger partial charge is 0.188 e. The number of thiazole rings is 1. The first-order valence-corrected chi connectivity index (χ1v) is 8.75. The number of anilines is 2. The fourth-order valence-electron chi connectivity index (χ4n) is 2.04. The quantitative estimate of drug-likeness (QED) is 0.658. The maximum absolute atomic E-state index is 5.91. The van der Waals surface area contributed by atoms with Gasteiger partial charge in [0, 0.05) is 24.2 Å². The lowest BCUT2D eigenvalue weighted by Crippen LogP contribution is -2.19. The van der Waals surface area contributed by atoms with E-state index in [1.54, 1.807) is 12.4 Å². The van der Waals surface area contributed by atoms with E-state index >= 15 is 0 Å². The molecule has 0 fully saturated rings. The van der Waals surface area contributed by atoms with E-state index in [0.29, 0.717) is 23.9 Å². The van der Waals surface area contributed by atoms with Crippen molar-refractivity contribution >= 4 is 22.3 Å². The number of likely N-dealkylation sites (N-methyl/N-ethyl adjacent to an activating group) is 1. The fraction of sp³-hybridized carbons (Fsp3) is 0.222. The van der Waals surface area contributed by atoms with Crippen LogP contribution in [0.2, 0.25) is 0 Å². The minimum atomic E-state index is 0.552. The number of para-hydroxylation sites is 1. The molecule has 25 heavy (non-hydrogen) atoms. The Balaban J connectivity index is 1.78. The zero-order valence-electron chi connectivity index (χ0n) is 14.2. The molecular formula is C18H20N4O2S. The molecule has 0 atom stereocenters. The average molecular weight is 356 g/mol. The summed E-state index contributed by atoms with van der Waals surface area (Å²) in [5.41, 5.74) is 0. The van der Waals surface area contributed by atoms with Gasteiger partial charge in [-0.2, -0.15) is 0 Å². The Labute approximate surface area is 151 Å². The molecule has 0 saturated carbocycles. The highest BCUT2D eigenvalue weighted by molar-refractivity contribution is 7.13. The van der Waals surface area contributed by atoms with E-state index in [2.05, 4.69) is 20.2 Å². The van der Waals surface area contributed by atoms with Crippen LogP contribution in [0.5, 0.6) is 17.2 Å². The SMILES string of the molecule is CN(C)CCOc1cc(Oc2ccccc2)cnc1Nc1nccs1. The molecule has 1 aromatic carbocycles. The summed E-state index contributed by atoms with van der Waals surface area (Å²) in [6.07, 6.45) is 3.41. The molecular weight excluding hydrogens is 336 g/mol. The van der Waals surface area contributed by atoms with Gasteiger partial charge in [0.2, 0.25) is 0 Å². The molecule has 0 aliphatic rings. The number of rotatable bonds is 8. The number of ether oxygens (including phenoxy) is 2. The van der Waals surface area contributed by atoms with Crippen LogP contribution in [0.25, 0.3) is 0 Å². The molecule has 2 heterocycles. The number of aromatic nitrogens is 2. The van der Waals surface area contributed by atoms with Crippen LogP contribution in [0.3, 0.4) is 0 Å². The number of benzene rings is 1. The maximum Gasteiger partial charge on any atom is 0.188 e. The highest BCUT2D eigenvalue weighted by Gasteiger charge is 2.10. The molecule has 6 nitrogen and oxygen atoms in total. The van der Waals surface area contributed by atoms with Gasteiger partial charge in [-0.3, -0.25) is 0 Å². The average Bonchev–Trinajstić information content (AvgIpc) is 3.11. The summed E-state index contributed by atoms with van der Waals surface area (Å²) in [4.78, 5) is 10.7. The number of nitrogens with zero attached hydrogens (tertiary/aromatic N) is 3. The number of pyridine rings is 1. The predicted octanol–water partition coefficient (Wildman–Crippen LogP) is 4.01. The van der Waals surface area contributed by atoms with Crippen molar-refractivity contribution in [3.63, 3.8) is 0 Å². The second kappa shape index (κ2) is 8.46. The first kappa shape index (κ1) is 17.2. The largest absolute Gasteiger partial charge is 0.488 e. The fourth-order valence-corrected chi connectivity index (χ4v) is 2.56. The number of nitrogens with one attached hydrogen (secondary N) is 1. The molecule has 3 rings (SSSR count). The molecule has 0 bridgehead atoms. The van der Waals surface area contributed by atoms with Crippen LogP contribution in [0.4, 0.5) is 10.9 Å². The number of hydrogen-bond acceptors (Lipinski definition) is 7. The van der Waals surface area contributed by atoms with E-state index in [1.165, 1.54) is 11.3 Å². The van der Waals surface area contributed by atoms with Crippen molar-refractivity contribution in [2.75, 3.05) is 32.6 Å². The van der Waals surface area contributed by atoms with Crippen molar-refractivity contribution in [2.24, 2.45) is 0 Å². The minimum Gasteiger partial charge on any atom is -0.488 e. The zero-order valence-corrected chi connectivity index (χ0v) is 15.0. The lowest BCUT2D eigenvalue weighted by atomic mass is 10.3. The normalized spacial score (nSPS) is 10.7. The van der Waals surface area contributed by atoms with Crippen molar-refractivity contribution in [3.8, 4) is 17.2 Å². The van der Waals surface area contributed by atoms with Gasteiger partial charge >= 0.3 is 0 Å². The van der Waals surface area contributed by atoms with Crippen molar-refractivity contribution in [1.29, 1.82) is 0 Å². The van der Waals surface area contributed by atoms with Gasteiger partial charge in [-0.05, 0) is 26.2 Å². The van der Waals surface area contributed by atoms with Crippen molar-refractivity contribution in [1.82, 2.24) is 14.9 Å². The Morgan fingerprint density at radius 2 is 1.96 bits per heavy atom. The van der Waals surface area contributed by atoms with Gasteiger partial charge in [-0.15, -0.1) is 11.3 Å². The summed E-state index contributed by atoms with van der Waals surface area (Å²) in [6.45, 7) is 1.36. The van der Waals surface area contributed by atoms with Crippen LogP contribution >= 0.6 is 11.3 Å². The first-order chi connectivity index (χ1) is 12.2. The third-order valence-electron chi connectivity index (χ3n) is 3.26. The van der Waals surface area contributed by atoms with Gasteiger partial charge in [0.1, 0.15) is 18.1 Å². The Hall–Kier alpha value is -2.64. The molecule has 0 spiro atoms. The van der Waals surface area contributed by atoms with Crippen molar-refractivity contribution in [2.45, 2.75) is 0 Å². The molecule has 0 aliphatic carbocycles. The second-order valence-corrected chi connectivity index (χ2v) is 6.44. The second-order valence-electron chi connectivity index (χ2n) is 5.55. The predicted molar refractivity (Wildman–Crippen MR) is 100 cm³/mol. The molecule has 0 unspecified atom stereocenters. The molecule has 0 aliphatic heterocycles. The van der Waals surface area contributed by atoms with Crippen molar-refractivity contribution < 1.29 is 9.47 Å². The van der Waals surface area contributed by atoms with Crippen LogP contribution in [0.15, 0.2) is 54.2 Å². The molecule has 0 saturated heterocycles. The van der Waals surface area contributed by atoms with E-state index in [0.717, 1.165) is 17.4 Å². The van der Waals surface area contributed by atoms with Crippen molar-refractivity contribution in [3.05, 3.63) is 54.2 Å². The van der Waals surface area contributed by atoms with E-state index < -0.39 is 0 Å². The maximum atomic E-state index is 5.91. The van der Waals surface area contributed by atoms with Crippen LogP contribution in [-0.4, -0.2) is 42.1 Å². The summed E-state index contributed by atoms with van der Waals surface area (Å²) >= 11 is 1.50. The van der Waals surface area contributed by atoms with E-state index in [-0.39, 0.29) is 0 Å². The summed E-state index contributed by atoms with van der Waals surface area (Å²) in [5.74, 6) is 2.62. The van der Waals surface area contributed by atoms with E-state index in [1.807, 2.05) is 55.9 Å². The van der Waals surface area contributed by atoms with Gasteiger partial charge in [-0.1, -0.05) is 18.2 Å². The summed E-state index contributed by atoms with van der Waals surface area (Å²) in [7, 11) is 4.01. The number of hydrogen-bond donors (Lipinski definition) is 1. The first-order valence-electron chi connectivity index (χ1n) is 7.88. The Kier molecular flexibility index (Phi) is 5.81. The lowest BCUT2D eigenvalue weighted by molar-refractivity contribution is 0.261.